The summed E-state index contributed by atoms with van der Waals surface area (Å²) in [5.41, 5.74) is 6.90. The molecule has 2 amide bonds. The minimum absolute atomic E-state index is 0.00988. The number of carbonyl (C=O) groups excluding carboxylic acids is 2. The minimum Gasteiger partial charge on any atom is -0.371 e. The number of amides is 2. The molecule has 8 nitrogen and oxygen atoms in total. The van der Waals surface area contributed by atoms with Crippen LogP contribution >= 0.6 is 0 Å². The summed E-state index contributed by atoms with van der Waals surface area (Å²) < 4.78 is 41.6. The molecule has 0 unspecified atom stereocenters. The number of rotatable bonds is 14. The van der Waals surface area contributed by atoms with Crippen LogP contribution in [0, 0.1) is 11.8 Å². The second kappa shape index (κ2) is 13.6. The summed E-state index contributed by atoms with van der Waals surface area (Å²) >= 11 is 0. The summed E-state index contributed by atoms with van der Waals surface area (Å²) in [6.45, 7) is 9.24. The number of benzene rings is 1. The lowest BCUT2D eigenvalue weighted by Crippen LogP contribution is -2.59. The number of halogens is 1. The Hall–Kier alpha value is -2.04. The third-order valence-electron chi connectivity index (χ3n) is 5.47. The second-order valence-electron chi connectivity index (χ2n) is 8.94. The fourth-order valence-electron chi connectivity index (χ4n) is 3.32. The van der Waals surface area contributed by atoms with Gasteiger partial charge in [0.1, 0.15) is 11.8 Å². The van der Waals surface area contributed by atoms with Crippen molar-refractivity contribution in [2.45, 2.75) is 78.3 Å². The molecule has 5 atom stereocenters. The molecular weight excluding hydrogens is 449 g/mol. The van der Waals surface area contributed by atoms with Gasteiger partial charge in [0.2, 0.25) is 11.8 Å². The average Bonchev–Trinajstić information content (AvgIpc) is 2.73. The van der Waals surface area contributed by atoms with E-state index in [0.717, 1.165) is 5.56 Å². The minimum atomic E-state index is -4.81. The third-order valence-corrected chi connectivity index (χ3v) is 6.27. The van der Waals surface area contributed by atoms with E-state index in [4.69, 9.17) is 10.5 Å². The van der Waals surface area contributed by atoms with E-state index in [1.54, 1.807) is 6.92 Å². The molecule has 0 saturated carbocycles. The average molecular weight is 488 g/mol. The standard InChI is InChI=1S/C23H38FN3O5S/c1-6-16(4)20(25)22(28)27-21(17(5)32-13-18-10-8-7-9-11-18)23(29)26-19(12-15(2)3)14-33(24,30)31/h7-11,15-17,19-21H,6,12-14,25H2,1-5H3,(H,26,29)(H,27,28)/t16-,17+,19-,20-,21-/m0/s1. The fraction of sp³-hybridized carbons (Fsp3) is 0.652. The van der Waals surface area contributed by atoms with Gasteiger partial charge in [-0.2, -0.15) is 8.42 Å². The zero-order valence-corrected chi connectivity index (χ0v) is 20.9. The van der Waals surface area contributed by atoms with Crippen molar-refractivity contribution in [2.75, 3.05) is 5.75 Å². The Morgan fingerprint density at radius 2 is 1.67 bits per heavy atom. The predicted octanol–water partition coefficient (Wildman–Crippen LogP) is 2.28. The topological polar surface area (TPSA) is 128 Å². The Kier molecular flexibility index (Phi) is 12.0. The van der Waals surface area contributed by atoms with Gasteiger partial charge in [0.05, 0.1) is 18.8 Å². The highest BCUT2D eigenvalue weighted by Crippen LogP contribution is 2.12. The van der Waals surface area contributed by atoms with Crippen LogP contribution in [0.1, 0.15) is 53.0 Å². The second-order valence-corrected chi connectivity index (χ2v) is 10.4. The van der Waals surface area contributed by atoms with Crippen molar-refractivity contribution in [1.29, 1.82) is 0 Å². The Morgan fingerprint density at radius 3 is 2.18 bits per heavy atom. The van der Waals surface area contributed by atoms with Gasteiger partial charge in [0, 0.05) is 6.04 Å². The van der Waals surface area contributed by atoms with Crippen molar-refractivity contribution in [2.24, 2.45) is 17.6 Å². The monoisotopic (exact) mass is 487 g/mol. The van der Waals surface area contributed by atoms with Crippen LogP contribution in [-0.4, -0.2) is 50.2 Å². The van der Waals surface area contributed by atoms with Crippen LogP contribution in [0.5, 0.6) is 0 Å². The molecule has 4 N–H and O–H groups in total. The zero-order valence-electron chi connectivity index (χ0n) is 20.1. The van der Waals surface area contributed by atoms with E-state index in [0.29, 0.717) is 6.42 Å². The molecule has 0 aliphatic heterocycles. The van der Waals surface area contributed by atoms with Crippen LogP contribution in [0.2, 0.25) is 0 Å². The van der Waals surface area contributed by atoms with Gasteiger partial charge in [-0.1, -0.05) is 64.4 Å². The highest BCUT2D eigenvalue weighted by molar-refractivity contribution is 7.86. The van der Waals surface area contributed by atoms with E-state index in [9.17, 15) is 21.9 Å². The Balaban J connectivity index is 3.04. The van der Waals surface area contributed by atoms with Crippen LogP contribution in [0.4, 0.5) is 3.89 Å². The van der Waals surface area contributed by atoms with Gasteiger partial charge < -0.3 is 21.1 Å². The zero-order chi connectivity index (χ0) is 25.2. The molecule has 33 heavy (non-hydrogen) atoms. The van der Waals surface area contributed by atoms with Gasteiger partial charge in [0.15, 0.2) is 0 Å². The molecule has 0 aromatic heterocycles. The molecule has 0 radical (unpaired) electrons. The van der Waals surface area contributed by atoms with Crippen LogP contribution in [0.3, 0.4) is 0 Å². The summed E-state index contributed by atoms with van der Waals surface area (Å²) in [6.07, 6.45) is 0.164. The third kappa shape index (κ3) is 11.1. The first kappa shape index (κ1) is 29.0. The van der Waals surface area contributed by atoms with E-state index in [1.165, 1.54) is 0 Å². The predicted molar refractivity (Wildman–Crippen MR) is 126 cm³/mol. The molecule has 10 heteroatoms. The molecule has 0 spiro atoms. The van der Waals surface area contributed by atoms with E-state index in [-0.39, 0.29) is 24.9 Å². The van der Waals surface area contributed by atoms with Gasteiger partial charge in [0.25, 0.3) is 0 Å². The number of carbonyl (C=O) groups is 2. The Bertz CT molecular complexity index is 851. The summed E-state index contributed by atoms with van der Waals surface area (Å²) in [4.78, 5) is 25.8. The fourth-order valence-corrected chi connectivity index (χ4v) is 4.03. The van der Waals surface area contributed by atoms with Gasteiger partial charge in [-0.25, -0.2) is 0 Å². The number of hydrogen-bond acceptors (Lipinski definition) is 6. The molecule has 188 valence electrons. The van der Waals surface area contributed by atoms with E-state index < -0.39 is 52.0 Å². The van der Waals surface area contributed by atoms with Crippen molar-refractivity contribution < 1.29 is 26.6 Å². The first-order chi connectivity index (χ1) is 15.3. The van der Waals surface area contributed by atoms with Crippen molar-refractivity contribution >= 4 is 22.0 Å². The van der Waals surface area contributed by atoms with Crippen molar-refractivity contribution in [3.8, 4) is 0 Å². The van der Waals surface area contributed by atoms with Crippen LogP contribution < -0.4 is 16.4 Å². The number of ether oxygens (including phenoxy) is 1. The van der Waals surface area contributed by atoms with Crippen molar-refractivity contribution in [3.05, 3.63) is 35.9 Å². The van der Waals surface area contributed by atoms with Gasteiger partial charge in [-0.05, 0) is 30.7 Å². The number of nitrogens with two attached hydrogens (primary N) is 1. The highest BCUT2D eigenvalue weighted by Gasteiger charge is 2.33. The quantitative estimate of drug-likeness (QED) is 0.346. The first-order valence-electron chi connectivity index (χ1n) is 11.3. The van der Waals surface area contributed by atoms with Gasteiger partial charge in [-0.3, -0.25) is 9.59 Å². The maximum atomic E-state index is 13.4. The molecule has 1 aromatic rings. The summed E-state index contributed by atoms with van der Waals surface area (Å²) in [7, 11) is -4.81. The molecule has 1 aromatic carbocycles. The molecule has 0 aliphatic rings. The molecular formula is C23H38FN3O5S. The van der Waals surface area contributed by atoms with Crippen LogP contribution in [0.15, 0.2) is 30.3 Å². The number of nitrogens with one attached hydrogen (secondary N) is 2. The van der Waals surface area contributed by atoms with Crippen molar-refractivity contribution in [3.63, 3.8) is 0 Å². The molecule has 0 bridgehead atoms. The van der Waals surface area contributed by atoms with E-state index in [1.807, 2.05) is 58.0 Å². The lowest BCUT2D eigenvalue weighted by Gasteiger charge is -2.29. The largest absolute Gasteiger partial charge is 0.371 e. The highest BCUT2D eigenvalue weighted by atomic mass is 32.3. The molecule has 0 fully saturated rings. The van der Waals surface area contributed by atoms with Crippen molar-refractivity contribution in [1.82, 2.24) is 10.6 Å². The maximum Gasteiger partial charge on any atom is 0.304 e. The Morgan fingerprint density at radius 1 is 1.06 bits per heavy atom. The Labute approximate surface area is 197 Å². The maximum absolute atomic E-state index is 13.4. The normalized spacial score (nSPS) is 16.5. The van der Waals surface area contributed by atoms with Gasteiger partial charge >= 0.3 is 10.2 Å². The number of hydrogen-bond donors (Lipinski definition) is 3. The van der Waals surface area contributed by atoms with E-state index in [2.05, 4.69) is 10.6 Å². The summed E-state index contributed by atoms with van der Waals surface area (Å²) in [5, 5.41) is 5.22. The summed E-state index contributed by atoms with van der Waals surface area (Å²) in [5.74, 6) is -2.12. The smallest absolute Gasteiger partial charge is 0.304 e. The molecule has 0 saturated heterocycles. The molecule has 1 rings (SSSR count). The van der Waals surface area contributed by atoms with Crippen LogP contribution in [-0.2, 0) is 31.2 Å². The lowest BCUT2D eigenvalue weighted by atomic mass is 9.98. The van der Waals surface area contributed by atoms with Gasteiger partial charge in [-0.15, -0.1) is 3.89 Å². The van der Waals surface area contributed by atoms with Crippen LogP contribution in [0.25, 0.3) is 0 Å². The lowest BCUT2D eigenvalue weighted by molar-refractivity contribution is -0.134. The molecule has 0 aliphatic carbocycles. The van der Waals surface area contributed by atoms with E-state index >= 15 is 0 Å². The molecule has 0 heterocycles. The SMILES string of the molecule is CC[C@H](C)[C@H](N)C(=O)N[C@H](C(=O)N[C@@H](CC(C)C)CS(=O)(=O)F)[C@@H](C)OCc1ccccc1. The first-order valence-corrected chi connectivity index (χ1v) is 12.8. The summed E-state index contributed by atoms with van der Waals surface area (Å²) in [6, 6.07) is 6.39.